The first-order valence-electron chi connectivity index (χ1n) is 9.86. The lowest BCUT2D eigenvalue weighted by atomic mass is 9.53. The van der Waals surface area contributed by atoms with Crippen molar-refractivity contribution in [2.45, 2.75) is 77.9 Å². The van der Waals surface area contributed by atoms with Crippen molar-refractivity contribution in [1.29, 1.82) is 0 Å². The van der Waals surface area contributed by atoms with Gasteiger partial charge in [-0.3, -0.25) is 4.79 Å². The number of hydrogen-bond acceptors (Lipinski definition) is 4. The molecule has 1 aromatic rings. The number of furan rings is 1. The number of carbonyl (C=O) groups is 2. The summed E-state index contributed by atoms with van der Waals surface area (Å²) in [5.74, 6) is 2.88. The third-order valence-corrected chi connectivity index (χ3v) is 6.85. The SMILES string of the molecule is Cc1oc(C)c(C(=O)O[C@H](C)C(=O)NC23CC4CC(CC(C4)C2)C3)c1C. The molecular formula is C21H29NO4. The molecule has 5 rings (SSSR count). The average Bonchev–Trinajstić information content (AvgIpc) is 2.77. The van der Waals surface area contributed by atoms with Crippen LogP contribution in [0.3, 0.4) is 0 Å². The predicted molar refractivity (Wildman–Crippen MR) is 96.8 cm³/mol. The molecule has 142 valence electrons. The van der Waals surface area contributed by atoms with Crippen LogP contribution >= 0.6 is 0 Å². The van der Waals surface area contributed by atoms with Crippen LogP contribution in [0.5, 0.6) is 0 Å². The standard InChI is InChI=1S/C21H29NO4/c1-11-12(2)25-13(3)18(11)20(24)26-14(4)19(23)22-21-8-15-5-16(9-21)7-17(6-15)10-21/h14-17H,5-10H2,1-4H3,(H,22,23)/t14-,15?,16?,17?,21?/m1/s1. The van der Waals surface area contributed by atoms with Crippen LogP contribution in [0.15, 0.2) is 4.42 Å². The predicted octanol–water partition coefficient (Wildman–Crippen LogP) is 3.84. The first-order valence-corrected chi connectivity index (χ1v) is 9.86. The van der Waals surface area contributed by atoms with Crippen LogP contribution in [0.25, 0.3) is 0 Å². The molecule has 0 unspecified atom stereocenters. The molecule has 1 amide bonds. The Hall–Kier alpha value is -1.78. The zero-order valence-corrected chi connectivity index (χ0v) is 16.2. The van der Waals surface area contributed by atoms with Crippen molar-refractivity contribution >= 4 is 11.9 Å². The van der Waals surface area contributed by atoms with Crippen molar-refractivity contribution < 1.29 is 18.7 Å². The van der Waals surface area contributed by atoms with Crippen molar-refractivity contribution in [3.8, 4) is 0 Å². The van der Waals surface area contributed by atoms with Gasteiger partial charge in [0, 0.05) is 11.1 Å². The van der Waals surface area contributed by atoms with E-state index < -0.39 is 12.1 Å². The summed E-state index contributed by atoms with van der Waals surface area (Å²) in [5.41, 5.74) is 1.16. The Morgan fingerprint density at radius 1 is 1.04 bits per heavy atom. The summed E-state index contributed by atoms with van der Waals surface area (Å²) < 4.78 is 11.0. The van der Waals surface area contributed by atoms with Crippen molar-refractivity contribution in [2.75, 3.05) is 0 Å². The quantitative estimate of drug-likeness (QED) is 0.830. The average molecular weight is 359 g/mol. The van der Waals surface area contributed by atoms with Crippen molar-refractivity contribution in [2.24, 2.45) is 17.8 Å². The maximum absolute atomic E-state index is 12.8. The van der Waals surface area contributed by atoms with Gasteiger partial charge in [-0.05, 0) is 84.0 Å². The van der Waals surface area contributed by atoms with Crippen LogP contribution in [0.4, 0.5) is 0 Å². The summed E-state index contributed by atoms with van der Waals surface area (Å²) >= 11 is 0. The molecule has 4 bridgehead atoms. The highest BCUT2D eigenvalue weighted by Gasteiger charge is 2.51. The lowest BCUT2D eigenvalue weighted by molar-refractivity contribution is -0.134. The highest BCUT2D eigenvalue weighted by atomic mass is 16.5. The second-order valence-corrected chi connectivity index (χ2v) is 8.95. The number of rotatable bonds is 4. The number of carbonyl (C=O) groups excluding carboxylic acids is 2. The Morgan fingerprint density at radius 3 is 2.04 bits per heavy atom. The Balaban J connectivity index is 1.41. The molecule has 1 heterocycles. The van der Waals surface area contributed by atoms with E-state index in [0.717, 1.165) is 42.6 Å². The van der Waals surface area contributed by atoms with Crippen LogP contribution < -0.4 is 5.32 Å². The van der Waals surface area contributed by atoms with Crippen LogP contribution in [-0.4, -0.2) is 23.5 Å². The molecule has 0 radical (unpaired) electrons. The van der Waals surface area contributed by atoms with Crippen molar-refractivity contribution in [3.63, 3.8) is 0 Å². The minimum Gasteiger partial charge on any atom is -0.465 e. The van der Waals surface area contributed by atoms with Gasteiger partial charge in [0.25, 0.3) is 5.91 Å². The van der Waals surface area contributed by atoms with E-state index in [0.29, 0.717) is 17.1 Å². The van der Waals surface area contributed by atoms with Crippen molar-refractivity contribution in [1.82, 2.24) is 5.32 Å². The summed E-state index contributed by atoms with van der Waals surface area (Å²) in [6.07, 6.45) is 6.46. The summed E-state index contributed by atoms with van der Waals surface area (Å²) in [6.45, 7) is 7.06. The van der Waals surface area contributed by atoms with E-state index in [2.05, 4.69) is 5.32 Å². The number of amides is 1. The third kappa shape index (κ3) is 2.95. The molecule has 4 aliphatic carbocycles. The monoisotopic (exact) mass is 359 g/mol. The topological polar surface area (TPSA) is 68.5 Å². The molecule has 26 heavy (non-hydrogen) atoms. The molecule has 4 aliphatic rings. The number of ether oxygens (including phenoxy) is 1. The van der Waals surface area contributed by atoms with Gasteiger partial charge in [-0.15, -0.1) is 0 Å². The van der Waals surface area contributed by atoms with E-state index in [-0.39, 0.29) is 11.4 Å². The maximum atomic E-state index is 12.8. The Bertz CT molecular complexity index is 712. The molecule has 5 nitrogen and oxygen atoms in total. The second kappa shape index (κ2) is 6.14. The molecular weight excluding hydrogens is 330 g/mol. The molecule has 1 aromatic heterocycles. The maximum Gasteiger partial charge on any atom is 0.342 e. The van der Waals surface area contributed by atoms with Gasteiger partial charge in [0.05, 0.1) is 0 Å². The van der Waals surface area contributed by atoms with Crippen LogP contribution in [0, 0.1) is 38.5 Å². The van der Waals surface area contributed by atoms with E-state index in [1.54, 1.807) is 13.8 Å². The van der Waals surface area contributed by atoms with Gasteiger partial charge in [-0.25, -0.2) is 4.79 Å². The Labute approximate surface area is 154 Å². The number of esters is 1. The van der Waals surface area contributed by atoms with E-state index in [9.17, 15) is 9.59 Å². The van der Waals surface area contributed by atoms with Crippen LogP contribution in [0.1, 0.15) is 72.9 Å². The van der Waals surface area contributed by atoms with Gasteiger partial charge >= 0.3 is 5.97 Å². The summed E-state index contributed by atoms with van der Waals surface area (Å²) in [5, 5.41) is 3.28. The first kappa shape index (κ1) is 17.6. The fourth-order valence-corrected chi connectivity index (χ4v) is 5.99. The molecule has 5 heteroatoms. The Morgan fingerprint density at radius 2 is 1.58 bits per heavy atom. The van der Waals surface area contributed by atoms with Gasteiger partial charge in [-0.1, -0.05) is 0 Å². The minimum absolute atomic E-state index is 0.0649. The van der Waals surface area contributed by atoms with E-state index in [1.807, 2.05) is 13.8 Å². The molecule has 1 N–H and O–H groups in total. The summed E-state index contributed by atoms with van der Waals surface area (Å²) in [4.78, 5) is 25.3. The third-order valence-electron chi connectivity index (χ3n) is 6.85. The molecule has 0 spiro atoms. The van der Waals surface area contributed by atoms with Crippen molar-refractivity contribution in [3.05, 3.63) is 22.6 Å². The van der Waals surface area contributed by atoms with Gasteiger partial charge in [-0.2, -0.15) is 0 Å². The fourth-order valence-electron chi connectivity index (χ4n) is 5.99. The van der Waals surface area contributed by atoms with E-state index in [4.69, 9.17) is 9.15 Å². The van der Waals surface area contributed by atoms with E-state index >= 15 is 0 Å². The number of nitrogens with one attached hydrogen (secondary N) is 1. The van der Waals surface area contributed by atoms with E-state index in [1.165, 1.54) is 19.3 Å². The number of aryl methyl sites for hydroxylation is 2. The molecule has 0 aromatic carbocycles. The molecule has 0 aliphatic heterocycles. The molecule has 4 fully saturated rings. The zero-order chi connectivity index (χ0) is 18.6. The fraction of sp³-hybridized carbons (Fsp3) is 0.714. The highest BCUT2D eigenvalue weighted by molar-refractivity contribution is 5.94. The van der Waals surface area contributed by atoms with Crippen LogP contribution in [0.2, 0.25) is 0 Å². The van der Waals surface area contributed by atoms with Gasteiger partial charge in [0.15, 0.2) is 6.10 Å². The largest absolute Gasteiger partial charge is 0.465 e. The number of hydrogen-bond donors (Lipinski definition) is 1. The smallest absolute Gasteiger partial charge is 0.342 e. The zero-order valence-electron chi connectivity index (χ0n) is 16.2. The lowest BCUT2D eigenvalue weighted by Gasteiger charge is -2.57. The summed E-state index contributed by atoms with van der Waals surface area (Å²) in [6, 6.07) is 0. The summed E-state index contributed by atoms with van der Waals surface area (Å²) in [7, 11) is 0. The first-order chi connectivity index (χ1) is 12.3. The second-order valence-electron chi connectivity index (χ2n) is 8.95. The van der Waals surface area contributed by atoms with Gasteiger partial charge < -0.3 is 14.5 Å². The molecule has 4 saturated carbocycles. The molecule has 0 saturated heterocycles. The van der Waals surface area contributed by atoms with Gasteiger partial charge in [0.2, 0.25) is 0 Å². The van der Waals surface area contributed by atoms with Crippen LogP contribution in [-0.2, 0) is 9.53 Å². The van der Waals surface area contributed by atoms with Gasteiger partial charge in [0.1, 0.15) is 17.1 Å². The normalized spacial score (nSPS) is 33.2. The molecule has 1 atom stereocenters. The highest BCUT2D eigenvalue weighted by Crippen LogP contribution is 2.55. The Kier molecular flexibility index (Phi) is 4.16. The lowest BCUT2D eigenvalue weighted by Crippen LogP contribution is -2.61. The minimum atomic E-state index is -0.801.